The van der Waals surface area contributed by atoms with E-state index in [1.807, 2.05) is 32.1 Å². The van der Waals surface area contributed by atoms with Crippen LogP contribution in [0.25, 0.3) is 0 Å². The molecule has 0 aliphatic carbocycles. The minimum absolute atomic E-state index is 0.564. The van der Waals surface area contributed by atoms with Gasteiger partial charge in [0.25, 0.3) is 0 Å². The summed E-state index contributed by atoms with van der Waals surface area (Å²) in [4.78, 5) is 0. The van der Waals surface area contributed by atoms with Crippen LogP contribution in [0.2, 0.25) is 5.02 Å². The molecular formula is C11H12ClIO. The summed E-state index contributed by atoms with van der Waals surface area (Å²) in [6.07, 6.45) is 1.25. The molecule has 0 aliphatic heterocycles. The van der Waals surface area contributed by atoms with Crippen molar-refractivity contribution in [2.75, 3.05) is 0 Å². The van der Waals surface area contributed by atoms with Crippen LogP contribution in [0.15, 0.2) is 29.8 Å². The summed E-state index contributed by atoms with van der Waals surface area (Å²) in [5.41, 5.74) is 1.95. The molecule has 0 radical (unpaired) electrons. The summed E-state index contributed by atoms with van der Waals surface area (Å²) in [7, 11) is 0. The average Bonchev–Trinajstić information content (AvgIpc) is 2.08. The Morgan fingerprint density at radius 2 is 2.14 bits per heavy atom. The summed E-state index contributed by atoms with van der Waals surface area (Å²) < 4.78 is 1.03. The standard InChI is InChI=1S/C11H12ClIO/c1-7(2)5-11(14)9-6-8(12)3-4-10(9)13/h3-6,11,14H,1-2H3. The van der Waals surface area contributed by atoms with Crippen LogP contribution in [0.4, 0.5) is 0 Å². The maximum absolute atomic E-state index is 9.86. The van der Waals surface area contributed by atoms with Gasteiger partial charge in [0.2, 0.25) is 0 Å². The summed E-state index contributed by atoms with van der Waals surface area (Å²) in [5, 5.41) is 10.5. The molecule has 0 saturated heterocycles. The van der Waals surface area contributed by atoms with Gasteiger partial charge in [-0.2, -0.15) is 0 Å². The number of halogens is 2. The third kappa shape index (κ3) is 3.26. The van der Waals surface area contributed by atoms with Crippen LogP contribution < -0.4 is 0 Å². The Hall–Kier alpha value is -0.0600. The van der Waals surface area contributed by atoms with Gasteiger partial charge in [-0.3, -0.25) is 0 Å². The van der Waals surface area contributed by atoms with Crippen molar-refractivity contribution in [3.63, 3.8) is 0 Å². The van der Waals surface area contributed by atoms with Gasteiger partial charge in [0.1, 0.15) is 0 Å². The molecular weight excluding hydrogens is 310 g/mol. The highest BCUT2D eigenvalue weighted by Gasteiger charge is 2.08. The fraction of sp³-hybridized carbons (Fsp3) is 0.273. The van der Waals surface area contributed by atoms with E-state index in [9.17, 15) is 5.11 Å². The molecule has 14 heavy (non-hydrogen) atoms. The Labute approximate surface area is 103 Å². The Kier molecular flexibility index (Phi) is 4.41. The van der Waals surface area contributed by atoms with Crippen LogP contribution in [0.1, 0.15) is 25.5 Å². The Balaban J connectivity index is 3.05. The molecule has 0 aliphatic rings. The molecule has 1 atom stereocenters. The predicted octanol–water partition coefficient (Wildman–Crippen LogP) is 3.94. The molecule has 0 bridgehead atoms. The highest BCUT2D eigenvalue weighted by Crippen LogP contribution is 2.25. The summed E-state index contributed by atoms with van der Waals surface area (Å²) in [5.74, 6) is 0. The fourth-order valence-corrected chi connectivity index (χ4v) is 1.98. The fourth-order valence-electron chi connectivity index (χ4n) is 1.15. The van der Waals surface area contributed by atoms with E-state index in [4.69, 9.17) is 11.6 Å². The van der Waals surface area contributed by atoms with E-state index in [1.165, 1.54) is 0 Å². The molecule has 3 heteroatoms. The van der Waals surface area contributed by atoms with Gasteiger partial charge in [0.15, 0.2) is 0 Å². The number of benzene rings is 1. The van der Waals surface area contributed by atoms with Crippen molar-refractivity contribution < 1.29 is 5.11 Å². The predicted molar refractivity (Wildman–Crippen MR) is 68.6 cm³/mol. The molecule has 0 spiro atoms. The number of hydrogen-bond donors (Lipinski definition) is 1. The molecule has 0 fully saturated rings. The first-order chi connectivity index (χ1) is 6.50. The van der Waals surface area contributed by atoms with E-state index >= 15 is 0 Å². The number of rotatable bonds is 2. The van der Waals surface area contributed by atoms with Gasteiger partial charge in [-0.25, -0.2) is 0 Å². The molecule has 1 unspecified atom stereocenters. The summed E-state index contributed by atoms with van der Waals surface area (Å²) in [6, 6.07) is 5.52. The van der Waals surface area contributed by atoms with Crippen molar-refractivity contribution in [3.05, 3.63) is 44.0 Å². The lowest BCUT2D eigenvalue weighted by atomic mass is 10.1. The smallest absolute Gasteiger partial charge is 0.0984 e. The zero-order chi connectivity index (χ0) is 10.7. The highest BCUT2D eigenvalue weighted by atomic mass is 127. The lowest BCUT2D eigenvalue weighted by molar-refractivity contribution is 0.227. The van der Waals surface area contributed by atoms with Gasteiger partial charge < -0.3 is 5.11 Å². The number of aliphatic hydroxyl groups excluding tert-OH is 1. The molecule has 0 saturated carbocycles. The zero-order valence-electron chi connectivity index (χ0n) is 8.09. The maximum atomic E-state index is 9.86. The number of allylic oxidation sites excluding steroid dienone is 1. The lowest BCUT2D eigenvalue weighted by Crippen LogP contribution is -1.97. The maximum Gasteiger partial charge on any atom is 0.0984 e. The van der Waals surface area contributed by atoms with E-state index in [-0.39, 0.29) is 0 Å². The third-order valence-corrected chi connectivity index (χ3v) is 2.99. The summed E-state index contributed by atoms with van der Waals surface area (Å²) >= 11 is 8.05. The second-order valence-corrected chi connectivity index (χ2v) is 4.95. The Morgan fingerprint density at radius 3 is 2.71 bits per heavy atom. The van der Waals surface area contributed by atoms with Gasteiger partial charge in [0, 0.05) is 8.59 Å². The lowest BCUT2D eigenvalue weighted by Gasteiger charge is -2.09. The first-order valence-electron chi connectivity index (χ1n) is 4.28. The van der Waals surface area contributed by atoms with E-state index in [0.717, 1.165) is 14.7 Å². The van der Waals surface area contributed by atoms with Crippen molar-refractivity contribution in [3.8, 4) is 0 Å². The summed E-state index contributed by atoms with van der Waals surface area (Å²) in [6.45, 7) is 3.92. The van der Waals surface area contributed by atoms with Crippen LogP contribution in [-0.2, 0) is 0 Å². The molecule has 1 N–H and O–H groups in total. The molecule has 1 aromatic rings. The minimum atomic E-state index is -0.564. The van der Waals surface area contributed by atoms with Crippen LogP contribution in [0.3, 0.4) is 0 Å². The molecule has 1 nitrogen and oxygen atoms in total. The van der Waals surface area contributed by atoms with Crippen molar-refractivity contribution in [1.29, 1.82) is 0 Å². The monoisotopic (exact) mass is 322 g/mol. The first-order valence-corrected chi connectivity index (χ1v) is 5.74. The quantitative estimate of drug-likeness (QED) is 0.646. The number of aliphatic hydroxyl groups is 1. The molecule has 1 aromatic carbocycles. The Bertz CT molecular complexity index is 356. The second-order valence-electron chi connectivity index (χ2n) is 3.35. The van der Waals surface area contributed by atoms with Gasteiger partial charge in [-0.1, -0.05) is 23.3 Å². The van der Waals surface area contributed by atoms with E-state index in [0.29, 0.717) is 5.02 Å². The van der Waals surface area contributed by atoms with Gasteiger partial charge in [0.05, 0.1) is 6.10 Å². The van der Waals surface area contributed by atoms with Gasteiger partial charge >= 0.3 is 0 Å². The van der Waals surface area contributed by atoms with Crippen LogP contribution in [-0.4, -0.2) is 5.11 Å². The number of hydrogen-bond acceptors (Lipinski definition) is 1. The van der Waals surface area contributed by atoms with Crippen LogP contribution in [0.5, 0.6) is 0 Å². The first kappa shape index (κ1) is 12.0. The Morgan fingerprint density at radius 1 is 1.50 bits per heavy atom. The van der Waals surface area contributed by atoms with Crippen LogP contribution in [0, 0.1) is 3.57 Å². The minimum Gasteiger partial charge on any atom is -0.384 e. The van der Waals surface area contributed by atoms with Gasteiger partial charge in [-0.05, 0) is 60.2 Å². The topological polar surface area (TPSA) is 20.2 Å². The van der Waals surface area contributed by atoms with E-state index < -0.39 is 6.10 Å². The normalized spacial score (nSPS) is 12.4. The second kappa shape index (κ2) is 5.14. The zero-order valence-corrected chi connectivity index (χ0v) is 11.0. The van der Waals surface area contributed by atoms with Crippen LogP contribution >= 0.6 is 34.2 Å². The largest absolute Gasteiger partial charge is 0.384 e. The SMILES string of the molecule is CC(C)=CC(O)c1cc(Cl)ccc1I. The van der Waals surface area contributed by atoms with Crippen molar-refractivity contribution in [2.24, 2.45) is 0 Å². The average molecular weight is 323 g/mol. The molecule has 0 heterocycles. The van der Waals surface area contributed by atoms with E-state index in [1.54, 1.807) is 6.07 Å². The van der Waals surface area contributed by atoms with Crippen molar-refractivity contribution in [2.45, 2.75) is 20.0 Å². The van der Waals surface area contributed by atoms with Crippen molar-refractivity contribution >= 4 is 34.2 Å². The third-order valence-electron chi connectivity index (χ3n) is 1.77. The molecule has 1 rings (SSSR count). The highest BCUT2D eigenvalue weighted by molar-refractivity contribution is 14.1. The molecule has 0 aromatic heterocycles. The van der Waals surface area contributed by atoms with Gasteiger partial charge in [-0.15, -0.1) is 0 Å². The van der Waals surface area contributed by atoms with E-state index in [2.05, 4.69) is 22.6 Å². The molecule has 76 valence electrons. The van der Waals surface area contributed by atoms with Crippen molar-refractivity contribution in [1.82, 2.24) is 0 Å². The molecule has 0 amide bonds.